The third kappa shape index (κ3) is 2.60. The maximum atomic E-state index is 8.74. The molecule has 1 atom stereocenters. The van der Waals surface area contributed by atoms with Crippen LogP contribution in [-0.4, -0.2) is 30.4 Å². The third-order valence-corrected chi connectivity index (χ3v) is 5.68. The van der Waals surface area contributed by atoms with Crippen molar-refractivity contribution in [3.05, 3.63) is 0 Å². The molecule has 0 rings (SSSR count). The van der Waals surface area contributed by atoms with E-state index in [0.29, 0.717) is 0 Å². The van der Waals surface area contributed by atoms with Crippen molar-refractivity contribution in [2.75, 3.05) is 13.2 Å². The summed E-state index contributed by atoms with van der Waals surface area (Å²) in [6.45, 7) is -0.534. The van der Waals surface area contributed by atoms with Crippen LogP contribution in [0.5, 0.6) is 0 Å². The Kier molecular flexibility index (Phi) is 4.72. The molecule has 0 saturated heterocycles. The van der Waals surface area contributed by atoms with Crippen LogP contribution in [0.4, 0.5) is 0 Å². The van der Waals surface area contributed by atoms with E-state index in [1.807, 2.05) is 0 Å². The average molecular weight is 361 g/mol. The molecule has 2 N–H and O–H groups in total. The molecule has 0 aliphatic carbocycles. The topological polar surface area (TPSA) is 40.5 Å². The molecule has 10 heavy (non-hydrogen) atoms. The third-order valence-electron chi connectivity index (χ3n) is 0.932. The molecule has 0 aromatic carbocycles. The number of hydrogen-bond donors (Lipinski definition) is 2. The molecule has 0 spiro atoms. The molecule has 6 heteroatoms. The minimum Gasteiger partial charge on any atom is -0.394 e. The molecule has 1 unspecified atom stereocenters. The lowest BCUT2D eigenvalue weighted by Crippen LogP contribution is -2.40. The van der Waals surface area contributed by atoms with Crippen LogP contribution in [0, 0.1) is 0 Å². The van der Waals surface area contributed by atoms with Crippen LogP contribution in [0.25, 0.3) is 0 Å². The largest absolute Gasteiger partial charge is 0.394 e. The van der Waals surface area contributed by atoms with Crippen molar-refractivity contribution in [2.45, 2.75) is 7.02 Å². The fourth-order valence-electron chi connectivity index (χ4n) is 0.231. The fraction of sp³-hybridized carbons (Fsp3) is 1.00. The van der Waals surface area contributed by atoms with Gasteiger partial charge in [-0.15, -0.1) is 11.6 Å². The molecule has 2 nitrogen and oxygen atoms in total. The smallest absolute Gasteiger partial charge is 0.149 e. The Balaban J connectivity index is 4.28. The quantitative estimate of drug-likeness (QED) is 0.753. The van der Waals surface area contributed by atoms with Crippen molar-refractivity contribution in [1.29, 1.82) is 0 Å². The highest BCUT2D eigenvalue weighted by Gasteiger charge is 2.44. The minimum atomic E-state index is -1.09. The molecule has 0 fully saturated rings. The highest BCUT2D eigenvalue weighted by molar-refractivity contribution is 9.26. The lowest BCUT2D eigenvalue weighted by atomic mass is 10.3. The van der Waals surface area contributed by atoms with Crippen LogP contribution < -0.4 is 0 Å². The molecule has 0 radical (unpaired) electrons. The van der Waals surface area contributed by atoms with Crippen molar-refractivity contribution in [3.8, 4) is 0 Å². The van der Waals surface area contributed by atoms with Crippen molar-refractivity contribution in [3.63, 3.8) is 0 Å². The second kappa shape index (κ2) is 4.05. The molecule has 62 valence electrons. The van der Waals surface area contributed by atoms with Gasteiger partial charge >= 0.3 is 0 Å². The molecule has 0 bridgehead atoms. The van der Waals surface area contributed by atoms with Crippen molar-refractivity contribution in [1.82, 2.24) is 0 Å². The van der Waals surface area contributed by atoms with Crippen LogP contribution in [0.15, 0.2) is 0 Å². The predicted octanol–water partition coefficient (Wildman–Crippen LogP) is 1.79. The van der Waals surface area contributed by atoms with Gasteiger partial charge in [0.1, 0.15) is 7.02 Å². The van der Waals surface area contributed by atoms with Gasteiger partial charge in [0.25, 0.3) is 0 Å². The van der Waals surface area contributed by atoms with Crippen LogP contribution in [-0.2, 0) is 0 Å². The molecule has 0 aliphatic heterocycles. The molecule has 0 amide bonds. The van der Waals surface area contributed by atoms with Gasteiger partial charge in [-0.1, -0.05) is 47.8 Å². The van der Waals surface area contributed by atoms with Crippen LogP contribution in [0.2, 0.25) is 0 Å². The summed E-state index contributed by atoms with van der Waals surface area (Å²) in [4.78, 5) is 0. The second-order valence-corrected chi connectivity index (χ2v) is 7.95. The Bertz CT molecular complexity index is 103. The number of rotatable bonds is 3. The normalized spacial score (nSPS) is 18.6. The fourth-order valence-corrected chi connectivity index (χ4v) is 0.667. The summed E-state index contributed by atoms with van der Waals surface area (Å²) in [5.41, 5.74) is 0. The zero-order chi connectivity index (χ0) is 8.41. The van der Waals surface area contributed by atoms with Gasteiger partial charge in [0.2, 0.25) is 0 Å². The number of halogens is 4. The number of aliphatic hydroxyl groups is 2. The van der Waals surface area contributed by atoms with Crippen molar-refractivity contribution >= 4 is 59.4 Å². The molecule has 0 aliphatic rings. The second-order valence-electron chi connectivity index (χ2n) is 1.73. The van der Waals surface area contributed by atoms with Gasteiger partial charge in [-0.25, -0.2) is 0 Å². The molecular weight excluding hydrogens is 355 g/mol. The van der Waals surface area contributed by atoms with Gasteiger partial charge in [0.15, 0.2) is 0 Å². The van der Waals surface area contributed by atoms with Crippen LogP contribution >= 0.6 is 59.4 Å². The molecule has 0 saturated carbocycles. The summed E-state index contributed by atoms with van der Waals surface area (Å²) >= 11 is 14.9. The first-order valence-electron chi connectivity index (χ1n) is 2.35. The summed E-state index contributed by atoms with van der Waals surface area (Å²) in [6.07, 6.45) is 0. The van der Waals surface area contributed by atoms with Crippen LogP contribution in [0.1, 0.15) is 0 Å². The van der Waals surface area contributed by atoms with Crippen molar-refractivity contribution in [2.24, 2.45) is 0 Å². The molecule has 0 aromatic rings. The van der Waals surface area contributed by atoms with E-state index in [-0.39, 0.29) is 13.2 Å². The maximum Gasteiger partial charge on any atom is 0.149 e. The average Bonchev–Trinajstić information content (AvgIpc) is 1.88. The monoisotopic (exact) mass is 358 g/mol. The summed E-state index contributed by atoms with van der Waals surface area (Å²) in [7, 11) is 0. The van der Waals surface area contributed by atoms with E-state index in [4.69, 9.17) is 21.8 Å². The van der Waals surface area contributed by atoms with Gasteiger partial charge < -0.3 is 10.2 Å². The Morgan fingerprint density at radius 1 is 1.10 bits per heavy atom. The SMILES string of the molecule is OCC(Cl)(Br)C(Br)(Br)CO. The van der Waals surface area contributed by atoms with Crippen LogP contribution in [0.3, 0.4) is 0 Å². The minimum absolute atomic E-state index is 0.234. The van der Waals surface area contributed by atoms with Gasteiger partial charge in [-0.05, 0) is 0 Å². The van der Waals surface area contributed by atoms with E-state index < -0.39 is 7.02 Å². The molecular formula is C4H6Br3ClO2. The van der Waals surface area contributed by atoms with E-state index >= 15 is 0 Å². The Morgan fingerprint density at radius 3 is 1.60 bits per heavy atom. The first-order chi connectivity index (χ1) is 4.37. The lowest BCUT2D eigenvalue weighted by molar-refractivity contribution is 0.237. The van der Waals surface area contributed by atoms with Gasteiger partial charge in [0, 0.05) is 0 Å². The summed E-state index contributed by atoms with van der Waals surface area (Å²) in [5.74, 6) is 0. The zero-order valence-electron chi connectivity index (χ0n) is 4.82. The van der Waals surface area contributed by atoms with E-state index in [0.717, 1.165) is 0 Å². The van der Waals surface area contributed by atoms with E-state index in [9.17, 15) is 0 Å². The van der Waals surface area contributed by atoms with E-state index in [1.54, 1.807) is 0 Å². The number of alkyl halides is 4. The number of aliphatic hydroxyl groups excluding tert-OH is 2. The molecule has 0 heterocycles. The van der Waals surface area contributed by atoms with Gasteiger partial charge in [-0.3, -0.25) is 0 Å². The summed E-state index contributed by atoms with van der Waals surface area (Å²) in [5, 5.41) is 17.5. The lowest BCUT2D eigenvalue weighted by Gasteiger charge is -2.30. The summed E-state index contributed by atoms with van der Waals surface area (Å²) < 4.78 is -1.99. The standard InChI is InChI=1S/C4H6Br3ClO2/c5-3(6,1-9)4(7,8)2-10/h9-10H,1-2H2. The first-order valence-corrected chi connectivity index (χ1v) is 5.10. The Labute approximate surface area is 89.3 Å². The Hall–Kier alpha value is 1.65. The maximum absolute atomic E-state index is 8.74. The highest BCUT2D eigenvalue weighted by atomic mass is 79.9. The van der Waals surface area contributed by atoms with Gasteiger partial charge in [0.05, 0.1) is 13.2 Å². The Morgan fingerprint density at radius 2 is 1.50 bits per heavy atom. The van der Waals surface area contributed by atoms with Gasteiger partial charge in [-0.2, -0.15) is 0 Å². The first kappa shape index (κ1) is 11.6. The summed E-state index contributed by atoms with van der Waals surface area (Å²) in [6, 6.07) is 0. The zero-order valence-corrected chi connectivity index (χ0v) is 10.3. The number of hydrogen-bond acceptors (Lipinski definition) is 2. The molecule has 0 aromatic heterocycles. The van der Waals surface area contributed by atoms with E-state index in [1.165, 1.54) is 0 Å². The van der Waals surface area contributed by atoms with E-state index in [2.05, 4.69) is 47.8 Å². The highest BCUT2D eigenvalue weighted by Crippen LogP contribution is 2.46. The predicted molar refractivity (Wildman–Crippen MR) is 52.3 cm³/mol. The van der Waals surface area contributed by atoms with Crippen molar-refractivity contribution < 1.29 is 10.2 Å².